The van der Waals surface area contributed by atoms with Crippen LogP contribution in [0, 0.1) is 0 Å². The molecule has 0 saturated heterocycles. The Hall–Kier alpha value is -2.87. The third-order valence-corrected chi connectivity index (χ3v) is 3.73. The average Bonchev–Trinajstić information content (AvgIpc) is 2.90. The van der Waals surface area contributed by atoms with Gasteiger partial charge in [-0.15, -0.1) is 0 Å². The van der Waals surface area contributed by atoms with Crippen LogP contribution in [-0.4, -0.2) is 13.3 Å². The highest BCUT2D eigenvalue weighted by Gasteiger charge is 2.04. The first kappa shape index (κ1) is 15.0. The number of benzene rings is 2. The van der Waals surface area contributed by atoms with E-state index in [1.807, 2.05) is 42.6 Å². The van der Waals surface area contributed by atoms with Gasteiger partial charge in [-0.2, -0.15) is 0 Å². The van der Waals surface area contributed by atoms with Crippen molar-refractivity contribution in [1.82, 2.24) is 0 Å². The number of hydrogen-bond acceptors (Lipinski definition) is 2. The van der Waals surface area contributed by atoms with E-state index >= 15 is 0 Å². The Morgan fingerprint density at radius 3 is 2.09 bits per heavy atom. The van der Waals surface area contributed by atoms with E-state index in [0.29, 0.717) is 5.92 Å². The van der Waals surface area contributed by atoms with E-state index in [0.717, 1.165) is 17.0 Å². The lowest BCUT2D eigenvalue weighted by molar-refractivity contribution is 0.415. The average molecular weight is 301 g/mol. The number of allylic oxidation sites excluding steroid dienone is 6. The topological polar surface area (TPSA) is 21.6 Å². The fourth-order valence-corrected chi connectivity index (χ4v) is 2.40. The Labute approximate surface area is 137 Å². The summed E-state index contributed by atoms with van der Waals surface area (Å²) in [4.78, 5) is 4.52. The molecule has 3 rings (SSSR count). The molecule has 0 heterocycles. The summed E-state index contributed by atoms with van der Waals surface area (Å²) in [5, 5.41) is 0. The van der Waals surface area contributed by atoms with E-state index < -0.39 is 0 Å². The maximum absolute atomic E-state index is 5.15. The Kier molecular flexibility index (Phi) is 4.85. The molecule has 23 heavy (non-hydrogen) atoms. The van der Waals surface area contributed by atoms with Crippen molar-refractivity contribution in [3.8, 4) is 5.75 Å². The van der Waals surface area contributed by atoms with Crippen LogP contribution in [0.4, 0.5) is 5.69 Å². The lowest BCUT2D eigenvalue weighted by Crippen LogP contribution is -1.89. The van der Waals surface area contributed by atoms with Crippen molar-refractivity contribution in [3.05, 3.63) is 96.1 Å². The van der Waals surface area contributed by atoms with Gasteiger partial charge in [-0.05, 0) is 47.5 Å². The molecule has 2 aromatic rings. The molecule has 114 valence electrons. The molecule has 2 nitrogen and oxygen atoms in total. The van der Waals surface area contributed by atoms with E-state index in [9.17, 15) is 0 Å². The zero-order valence-electron chi connectivity index (χ0n) is 13.1. The van der Waals surface area contributed by atoms with Gasteiger partial charge in [0.2, 0.25) is 0 Å². The molecule has 0 unspecified atom stereocenters. The molecule has 0 aliphatic heterocycles. The van der Waals surface area contributed by atoms with Crippen LogP contribution >= 0.6 is 0 Å². The summed E-state index contributed by atoms with van der Waals surface area (Å²) in [5.41, 5.74) is 3.27. The highest BCUT2D eigenvalue weighted by atomic mass is 16.5. The third-order valence-electron chi connectivity index (χ3n) is 3.73. The zero-order chi connectivity index (χ0) is 15.9. The van der Waals surface area contributed by atoms with Crippen LogP contribution in [0.15, 0.2) is 90.0 Å². The van der Waals surface area contributed by atoms with Crippen LogP contribution in [0.3, 0.4) is 0 Å². The smallest absolute Gasteiger partial charge is 0.118 e. The maximum atomic E-state index is 5.15. The molecule has 1 aliphatic carbocycles. The van der Waals surface area contributed by atoms with Gasteiger partial charge in [-0.3, -0.25) is 4.99 Å². The van der Waals surface area contributed by atoms with Crippen molar-refractivity contribution in [2.75, 3.05) is 7.11 Å². The number of nitrogens with zero attached hydrogens (tertiary/aromatic N) is 1. The quantitative estimate of drug-likeness (QED) is 0.710. The molecule has 0 N–H and O–H groups in total. The van der Waals surface area contributed by atoms with Crippen LogP contribution in [-0.2, 0) is 0 Å². The van der Waals surface area contributed by atoms with Gasteiger partial charge < -0.3 is 4.74 Å². The van der Waals surface area contributed by atoms with Crippen molar-refractivity contribution in [3.63, 3.8) is 0 Å². The first-order chi connectivity index (χ1) is 11.3. The Balaban J connectivity index is 1.70. The molecular formula is C21H19NO. The minimum absolute atomic E-state index is 0.324. The molecule has 0 radical (unpaired) electrons. The largest absolute Gasteiger partial charge is 0.497 e. The van der Waals surface area contributed by atoms with E-state index in [1.165, 1.54) is 5.56 Å². The van der Waals surface area contributed by atoms with Gasteiger partial charge in [0, 0.05) is 12.1 Å². The summed E-state index contributed by atoms with van der Waals surface area (Å²) < 4.78 is 5.15. The maximum Gasteiger partial charge on any atom is 0.118 e. The van der Waals surface area contributed by atoms with Gasteiger partial charge in [0.25, 0.3) is 0 Å². The highest BCUT2D eigenvalue weighted by Crippen LogP contribution is 2.23. The number of aliphatic imine (C=N–C) groups is 1. The molecule has 2 heteroatoms. The van der Waals surface area contributed by atoms with Crippen molar-refractivity contribution in [2.24, 2.45) is 4.99 Å². The first-order valence-electron chi connectivity index (χ1n) is 7.65. The second kappa shape index (κ2) is 7.41. The summed E-state index contributed by atoms with van der Waals surface area (Å²) in [6.45, 7) is 0. The lowest BCUT2D eigenvalue weighted by atomic mass is 9.98. The number of ether oxygens (including phenoxy) is 1. The van der Waals surface area contributed by atoms with Crippen molar-refractivity contribution < 1.29 is 4.74 Å². The summed E-state index contributed by atoms with van der Waals surface area (Å²) in [6, 6.07) is 16.2. The minimum Gasteiger partial charge on any atom is -0.497 e. The van der Waals surface area contributed by atoms with Crippen LogP contribution in [0.5, 0.6) is 5.75 Å². The van der Waals surface area contributed by atoms with Crippen molar-refractivity contribution >= 4 is 11.9 Å². The Bertz CT molecular complexity index is 733. The van der Waals surface area contributed by atoms with Gasteiger partial charge in [0.1, 0.15) is 5.75 Å². The SMILES string of the molecule is COc1ccc(C=Nc2ccc(C3C=CC=CC=C3)cc2)cc1. The fraction of sp³-hybridized carbons (Fsp3) is 0.0952. The van der Waals surface area contributed by atoms with Crippen LogP contribution in [0.2, 0.25) is 0 Å². The fourth-order valence-electron chi connectivity index (χ4n) is 2.40. The molecule has 0 saturated carbocycles. The first-order valence-corrected chi connectivity index (χ1v) is 7.65. The van der Waals surface area contributed by atoms with Crippen LogP contribution in [0.25, 0.3) is 0 Å². The van der Waals surface area contributed by atoms with E-state index in [4.69, 9.17) is 4.74 Å². The van der Waals surface area contributed by atoms with Crippen LogP contribution in [0.1, 0.15) is 17.0 Å². The summed E-state index contributed by atoms with van der Waals surface area (Å²) >= 11 is 0. The molecule has 0 fully saturated rings. The van der Waals surface area contributed by atoms with Crippen LogP contribution < -0.4 is 4.74 Å². The molecule has 0 bridgehead atoms. The standard InChI is InChI=1S/C21H19NO/c1-23-21-14-8-17(9-15-21)16-22-20-12-10-19(11-13-20)18-6-4-2-3-5-7-18/h2-16,18H,1H3. The normalized spacial score (nSPS) is 14.3. The number of rotatable bonds is 4. The molecular weight excluding hydrogens is 282 g/mol. The van der Waals surface area contributed by atoms with Gasteiger partial charge in [0.05, 0.1) is 12.8 Å². The molecule has 1 aliphatic rings. The third kappa shape index (κ3) is 4.07. The van der Waals surface area contributed by atoms with Gasteiger partial charge in [0.15, 0.2) is 0 Å². The predicted molar refractivity (Wildman–Crippen MR) is 96.9 cm³/mol. The molecule has 0 spiro atoms. The van der Waals surface area contributed by atoms with E-state index in [-0.39, 0.29) is 0 Å². The summed E-state index contributed by atoms with van der Waals surface area (Å²) in [5.74, 6) is 1.18. The number of hydrogen-bond donors (Lipinski definition) is 0. The molecule has 2 aromatic carbocycles. The Morgan fingerprint density at radius 2 is 1.48 bits per heavy atom. The number of methoxy groups -OCH3 is 1. The van der Waals surface area contributed by atoms with Gasteiger partial charge >= 0.3 is 0 Å². The molecule has 0 aromatic heterocycles. The van der Waals surface area contributed by atoms with Crippen molar-refractivity contribution in [2.45, 2.75) is 5.92 Å². The minimum atomic E-state index is 0.324. The zero-order valence-corrected chi connectivity index (χ0v) is 13.1. The highest BCUT2D eigenvalue weighted by molar-refractivity contribution is 5.82. The molecule has 0 atom stereocenters. The van der Waals surface area contributed by atoms with Crippen molar-refractivity contribution in [1.29, 1.82) is 0 Å². The van der Waals surface area contributed by atoms with Gasteiger partial charge in [-0.1, -0.05) is 48.6 Å². The van der Waals surface area contributed by atoms with E-state index in [2.05, 4.69) is 53.6 Å². The lowest BCUT2D eigenvalue weighted by Gasteiger charge is -2.07. The second-order valence-electron chi connectivity index (χ2n) is 5.30. The predicted octanol–water partition coefficient (Wildman–Crippen LogP) is 5.21. The van der Waals surface area contributed by atoms with E-state index in [1.54, 1.807) is 7.11 Å². The second-order valence-corrected chi connectivity index (χ2v) is 5.30. The Morgan fingerprint density at radius 1 is 0.826 bits per heavy atom. The summed E-state index contributed by atoms with van der Waals surface area (Å²) in [6.07, 6.45) is 14.5. The summed E-state index contributed by atoms with van der Waals surface area (Å²) in [7, 11) is 1.67. The van der Waals surface area contributed by atoms with Gasteiger partial charge in [-0.25, -0.2) is 0 Å². The molecule has 0 amide bonds. The monoisotopic (exact) mass is 301 g/mol.